The lowest BCUT2D eigenvalue weighted by Crippen LogP contribution is -2.38. The van der Waals surface area contributed by atoms with E-state index in [1.54, 1.807) is 0 Å². The number of ether oxygens (including phenoxy) is 2. The molecule has 0 spiro atoms. The first-order chi connectivity index (χ1) is 13.6. The molecule has 3 heterocycles. The molecule has 2 aliphatic heterocycles. The summed E-state index contributed by atoms with van der Waals surface area (Å²) in [5, 5.41) is 0. The van der Waals surface area contributed by atoms with Crippen molar-refractivity contribution >= 4 is 21.5 Å². The number of pyridine rings is 1. The van der Waals surface area contributed by atoms with E-state index < -0.39 is 16.3 Å². The minimum Gasteiger partial charge on any atom is -0.396 e. The Kier molecular flexibility index (Phi) is 4.54. The van der Waals surface area contributed by atoms with Crippen LogP contribution in [-0.2, 0) is 10.0 Å². The summed E-state index contributed by atoms with van der Waals surface area (Å²) in [6, 6.07) is 5.33. The first kappa shape index (κ1) is 19.6. The number of nitrogens with two attached hydrogens (primary N) is 2. The fraction of sp³-hybridized carbons (Fsp3) is 0.389. The molecule has 1 fully saturated rings. The Hall–Kier alpha value is -2.66. The highest BCUT2D eigenvalue weighted by atomic mass is 32.2. The lowest BCUT2D eigenvalue weighted by molar-refractivity contribution is -0.286. The summed E-state index contributed by atoms with van der Waals surface area (Å²) in [7, 11) is -3.87. The van der Waals surface area contributed by atoms with Crippen LogP contribution in [0.1, 0.15) is 30.0 Å². The van der Waals surface area contributed by atoms with Gasteiger partial charge in [0, 0.05) is 24.8 Å². The summed E-state index contributed by atoms with van der Waals surface area (Å²) in [6.07, 6.45) is -2.70. The van der Waals surface area contributed by atoms with E-state index >= 15 is 0 Å². The molecular weight excluding hydrogens is 406 g/mol. The predicted molar refractivity (Wildman–Crippen MR) is 101 cm³/mol. The van der Waals surface area contributed by atoms with Gasteiger partial charge in [-0.2, -0.15) is 4.31 Å². The minimum atomic E-state index is -3.87. The van der Waals surface area contributed by atoms with Crippen molar-refractivity contribution in [2.75, 3.05) is 24.6 Å². The summed E-state index contributed by atoms with van der Waals surface area (Å²) in [6.45, 7) is 2.35. The summed E-state index contributed by atoms with van der Waals surface area (Å²) in [5.74, 6) is -0.177. The normalized spacial score (nSPS) is 19.4. The quantitative estimate of drug-likeness (QED) is 0.773. The summed E-state index contributed by atoms with van der Waals surface area (Å²) >= 11 is 0. The highest BCUT2D eigenvalue weighted by molar-refractivity contribution is 7.89. The highest BCUT2D eigenvalue weighted by Crippen LogP contribution is 2.43. The molecule has 0 amide bonds. The van der Waals surface area contributed by atoms with Crippen LogP contribution in [0.4, 0.5) is 20.3 Å². The van der Waals surface area contributed by atoms with Crippen molar-refractivity contribution in [1.82, 2.24) is 9.29 Å². The van der Waals surface area contributed by atoms with Crippen LogP contribution in [-0.4, -0.2) is 37.1 Å². The van der Waals surface area contributed by atoms with Crippen LogP contribution in [0.15, 0.2) is 29.2 Å². The van der Waals surface area contributed by atoms with Crippen LogP contribution >= 0.6 is 0 Å². The van der Waals surface area contributed by atoms with E-state index in [-0.39, 0.29) is 41.2 Å². The molecule has 8 nitrogen and oxygen atoms in total. The molecule has 1 saturated heterocycles. The maximum atomic E-state index is 13.2. The fourth-order valence-electron chi connectivity index (χ4n) is 3.72. The maximum Gasteiger partial charge on any atom is 0.586 e. The van der Waals surface area contributed by atoms with Crippen LogP contribution in [0.25, 0.3) is 0 Å². The minimum absolute atomic E-state index is 0.0564. The molecule has 0 unspecified atom stereocenters. The van der Waals surface area contributed by atoms with Crippen molar-refractivity contribution in [1.29, 1.82) is 0 Å². The summed E-state index contributed by atoms with van der Waals surface area (Å²) in [5.41, 5.74) is 14.0. The molecule has 2 aromatic rings. The van der Waals surface area contributed by atoms with Gasteiger partial charge in [0.15, 0.2) is 11.5 Å². The first-order valence-electron chi connectivity index (χ1n) is 8.99. The SMILES string of the molecule is Cc1cc(C2CCN(S(=O)(=O)c3ccc4c(c3)OC(F)(F)O4)CC2)c(N)c(N)n1. The van der Waals surface area contributed by atoms with Gasteiger partial charge < -0.3 is 20.9 Å². The monoisotopic (exact) mass is 426 g/mol. The smallest absolute Gasteiger partial charge is 0.396 e. The number of fused-ring (bicyclic) bond motifs is 1. The van der Waals surface area contributed by atoms with E-state index in [1.165, 1.54) is 16.4 Å². The number of nitrogens with zero attached hydrogens (tertiary/aromatic N) is 2. The lowest BCUT2D eigenvalue weighted by Gasteiger charge is -2.32. The number of nitrogen functional groups attached to an aromatic ring is 2. The van der Waals surface area contributed by atoms with Gasteiger partial charge >= 0.3 is 6.29 Å². The third kappa shape index (κ3) is 3.55. The van der Waals surface area contributed by atoms with Crippen LogP contribution in [0.5, 0.6) is 11.5 Å². The molecule has 29 heavy (non-hydrogen) atoms. The molecule has 1 aromatic heterocycles. The number of anilines is 2. The van der Waals surface area contributed by atoms with Crippen molar-refractivity contribution in [3.8, 4) is 11.5 Å². The van der Waals surface area contributed by atoms with Crippen molar-refractivity contribution in [2.24, 2.45) is 0 Å². The third-order valence-corrected chi connectivity index (χ3v) is 7.05. The number of rotatable bonds is 3. The zero-order valence-corrected chi connectivity index (χ0v) is 16.4. The number of hydrogen-bond donors (Lipinski definition) is 2. The van der Waals surface area contributed by atoms with Gasteiger partial charge in [-0.25, -0.2) is 13.4 Å². The van der Waals surface area contributed by atoms with Crippen LogP contribution in [0, 0.1) is 6.92 Å². The van der Waals surface area contributed by atoms with Crippen LogP contribution < -0.4 is 20.9 Å². The van der Waals surface area contributed by atoms with Gasteiger partial charge in [0.2, 0.25) is 10.0 Å². The van der Waals surface area contributed by atoms with Gasteiger partial charge in [-0.3, -0.25) is 0 Å². The second-order valence-corrected chi connectivity index (χ2v) is 9.04. The van der Waals surface area contributed by atoms with Gasteiger partial charge in [-0.05, 0) is 49.4 Å². The number of aryl methyl sites for hydroxylation is 1. The zero-order chi connectivity index (χ0) is 21.0. The van der Waals surface area contributed by atoms with Gasteiger partial charge in [0.25, 0.3) is 0 Å². The first-order valence-corrected chi connectivity index (χ1v) is 10.4. The van der Waals surface area contributed by atoms with E-state index in [9.17, 15) is 17.2 Å². The van der Waals surface area contributed by atoms with Gasteiger partial charge in [-0.15, -0.1) is 8.78 Å². The molecular formula is C18H20F2N4O4S. The second kappa shape index (κ2) is 6.70. The largest absolute Gasteiger partial charge is 0.586 e. The van der Waals surface area contributed by atoms with Crippen molar-refractivity contribution in [3.05, 3.63) is 35.5 Å². The number of aromatic nitrogens is 1. The Morgan fingerprint density at radius 2 is 1.79 bits per heavy atom. The Morgan fingerprint density at radius 3 is 2.48 bits per heavy atom. The van der Waals surface area contributed by atoms with E-state index in [2.05, 4.69) is 14.5 Å². The Labute approximate surface area is 166 Å². The summed E-state index contributed by atoms with van der Waals surface area (Å²) in [4.78, 5) is 4.01. The Balaban J connectivity index is 1.52. The average molecular weight is 426 g/mol. The number of hydrogen-bond acceptors (Lipinski definition) is 7. The average Bonchev–Trinajstić information content (AvgIpc) is 2.97. The molecule has 0 bridgehead atoms. The van der Waals surface area contributed by atoms with Gasteiger partial charge in [-0.1, -0.05) is 0 Å². The van der Waals surface area contributed by atoms with Gasteiger partial charge in [0.05, 0.1) is 10.6 Å². The zero-order valence-electron chi connectivity index (χ0n) is 15.6. The van der Waals surface area contributed by atoms with Crippen LogP contribution in [0.2, 0.25) is 0 Å². The molecule has 156 valence electrons. The van der Waals surface area contributed by atoms with Gasteiger partial charge in [0.1, 0.15) is 5.82 Å². The van der Waals surface area contributed by atoms with Crippen LogP contribution in [0.3, 0.4) is 0 Å². The lowest BCUT2D eigenvalue weighted by atomic mass is 9.89. The molecule has 0 saturated carbocycles. The third-order valence-electron chi connectivity index (χ3n) is 5.15. The number of piperidine rings is 1. The van der Waals surface area contributed by atoms with E-state index in [1.807, 2.05) is 13.0 Å². The van der Waals surface area contributed by atoms with Crippen molar-refractivity contribution in [2.45, 2.75) is 36.9 Å². The summed E-state index contributed by atoms with van der Waals surface area (Å²) < 4.78 is 62.3. The molecule has 4 N–H and O–H groups in total. The number of sulfonamides is 1. The van der Waals surface area contributed by atoms with E-state index in [0.29, 0.717) is 18.5 Å². The number of alkyl halides is 2. The van der Waals surface area contributed by atoms with E-state index in [4.69, 9.17) is 11.5 Å². The molecule has 0 atom stereocenters. The molecule has 0 aliphatic carbocycles. The topological polar surface area (TPSA) is 121 Å². The number of halogens is 2. The highest BCUT2D eigenvalue weighted by Gasteiger charge is 2.44. The maximum absolute atomic E-state index is 13.2. The molecule has 4 rings (SSSR count). The Bertz CT molecular complexity index is 1070. The van der Waals surface area contributed by atoms with Crippen molar-refractivity contribution < 1.29 is 26.7 Å². The number of benzene rings is 1. The predicted octanol–water partition coefficient (Wildman–Crippen LogP) is 2.44. The Morgan fingerprint density at radius 1 is 1.14 bits per heavy atom. The van der Waals surface area contributed by atoms with E-state index in [0.717, 1.165) is 17.3 Å². The fourth-order valence-corrected chi connectivity index (χ4v) is 5.20. The second-order valence-electron chi connectivity index (χ2n) is 7.11. The standard InChI is InChI=1S/C18H20F2N4O4S/c1-10-8-13(16(21)17(22)23-10)11-4-6-24(7-5-11)29(25,26)12-2-3-14-15(9-12)28-18(19,20)27-14/h2-3,8-9,11H,4-7,21H2,1H3,(H2,22,23). The molecule has 2 aliphatic rings. The molecule has 1 aromatic carbocycles. The molecule has 11 heteroatoms. The molecule has 0 radical (unpaired) electrons. The van der Waals surface area contributed by atoms with Crippen molar-refractivity contribution in [3.63, 3.8) is 0 Å².